The van der Waals surface area contributed by atoms with Crippen molar-refractivity contribution in [2.45, 2.75) is 25.3 Å². The van der Waals surface area contributed by atoms with Gasteiger partial charge in [0.25, 0.3) is 0 Å². The van der Waals surface area contributed by atoms with Gasteiger partial charge >= 0.3 is 0 Å². The van der Waals surface area contributed by atoms with E-state index in [2.05, 4.69) is 22.0 Å². The van der Waals surface area contributed by atoms with Crippen LogP contribution in [0.5, 0.6) is 0 Å². The van der Waals surface area contributed by atoms with Gasteiger partial charge in [0, 0.05) is 30.4 Å². The number of pyridine rings is 1. The molecule has 1 unspecified atom stereocenters. The molecule has 0 amide bonds. The molecule has 1 aliphatic rings. The highest BCUT2D eigenvalue weighted by Crippen LogP contribution is 2.18. The van der Waals surface area contributed by atoms with Crippen LogP contribution in [0.4, 0.5) is 5.69 Å². The fourth-order valence-electron chi connectivity index (χ4n) is 2.48. The van der Waals surface area contributed by atoms with Crippen LogP contribution in [0.1, 0.15) is 18.7 Å². The van der Waals surface area contributed by atoms with Gasteiger partial charge in [-0.1, -0.05) is 0 Å². The summed E-state index contributed by atoms with van der Waals surface area (Å²) in [6, 6.07) is 4.28. The van der Waals surface area contributed by atoms with Gasteiger partial charge in [-0.15, -0.1) is 0 Å². The van der Waals surface area contributed by atoms with E-state index in [1.807, 2.05) is 18.3 Å². The second kappa shape index (κ2) is 4.00. The second-order valence-corrected chi connectivity index (χ2v) is 4.77. The molecule has 0 saturated carbocycles. The minimum atomic E-state index is 0.588. The van der Waals surface area contributed by atoms with Crippen molar-refractivity contribution in [1.29, 1.82) is 0 Å². The molecular weight excluding hydrogens is 214 g/mol. The zero-order chi connectivity index (χ0) is 11.8. The van der Waals surface area contributed by atoms with Crippen molar-refractivity contribution >= 4 is 11.3 Å². The summed E-state index contributed by atoms with van der Waals surface area (Å²) in [4.78, 5) is 6.91. The molecule has 2 N–H and O–H groups in total. The molecule has 1 atom stereocenters. The lowest BCUT2D eigenvalue weighted by atomic mass is 10.1. The standard InChI is InChI=1S/C12H17N5/c1-16-5-2-3-10(16)8-11-14-12-7-9(13)4-6-17(12)15-11/h4,6-7,10H,2-3,5,8,13H2,1H3. The molecule has 2 aromatic rings. The van der Waals surface area contributed by atoms with Crippen molar-refractivity contribution in [3.05, 3.63) is 24.2 Å². The fourth-order valence-corrected chi connectivity index (χ4v) is 2.48. The van der Waals surface area contributed by atoms with E-state index in [1.54, 1.807) is 4.52 Å². The average Bonchev–Trinajstić information content (AvgIpc) is 2.85. The van der Waals surface area contributed by atoms with E-state index in [9.17, 15) is 0 Å². The Balaban J connectivity index is 1.85. The SMILES string of the molecule is CN1CCCC1Cc1nc2cc(N)ccn2n1. The van der Waals surface area contributed by atoms with Gasteiger partial charge in [-0.25, -0.2) is 9.50 Å². The van der Waals surface area contributed by atoms with E-state index in [1.165, 1.54) is 19.4 Å². The lowest BCUT2D eigenvalue weighted by Crippen LogP contribution is -2.27. The smallest absolute Gasteiger partial charge is 0.157 e. The molecule has 0 radical (unpaired) electrons. The summed E-state index contributed by atoms with van der Waals surface area (Å²) in [5.41, 5.74) is 7.29. The number of rotatable bonds is 2. The van der Waals surface area contributed by atoms with Crippen LogP contribution in [-0.4, -0.2) is 39.1 Å². The largest absolute Gasteiger partial charge is 0.399 e. The summed E-state index contributed by atoms with van der Waals surface area (Å²) in [5.74, 6) is 0.911. The van der Waals surface area contributed by atoms with Gasteiger partial charge in [-0.2, -0.15) is 5.10 Å². The van der Waals surface area contributed by atoms with Gasteiger partial charge in [0.2, 0.25) is 0 Å². The Hall–Kier alpha value is -1.62. The van der Waals surface area contributed by atoms with Gasteiger partial charge in [0.1, 0.15) is 0 Å². The average molecular weight is 231 g/mol. The summed E-state index contributed by atoms with van der Waals surface area (Å²) in [6.07, 6.45) is 5.31. The third-order valence-corrected chi connectivity index (χ3v) is 3.50. The van der Waals surface area contributed by atoms with Crippen molar-refractivity contribution < 1.29 is 0 Å². The van der Waals surface area contributed by atoms with Crippen LogP contribution in [0.2, 0.25) is 0 Å². The highest BCUT2D eigenvalue weighted by Gasteiger charge is 2.22. The maximum atomic E-state index is 5.73. The van der Waals surface area contributed by atoms with E-state index in [0.29, 0.717) is 6.04 Å². The number of anilines is 1. The van der Waals surface area contributed by atoms with Crippen LogP contribution in [-0.2, 0) is 6.42 Å². The quantitative estimate of drug-likeness (QED) is 0.836. The Bertz CT molecular complexity index is 533. The summed E-state index contributed by atoms with van der Waals surface area (Å²) >= 11 is 0. The molecule has 90 valence electrons. The highest BCUT2D eigenvalue weighted by molar-refractivity contribution is 5.50. The molecule has 0 aromatic carbocycles. The first-order valence-corrected chi connectivity index (χ1v) is 6.03. The molecule has 0 spiro atoms. The highest BCUT2D eigenvalue weighted by atomic mass is 15.3. The van der Waals surface area contributed by atoms with E-state index in [4.69, 9.17) is 5.73 Å². The normalized spacial score (nSPS) is 21.4. The molecule has 1 saturated heterocycles. The minimum absolute atomic E-state index is 0.588. The molecular formula is C12H17N5. The Morgan fingerprint density at radius 3 is 3.18 bits per heavy atom. The second-order valence-electron chi connectivity index (χ2n) is 4.77. The number of hydrogen-bond acceptors (Lipinski definition) is 4. The third kappa shape index (κ3) is 1.98. The zero-order valence-electron chi connectivity index (χ0n) is 10.0. The molecule has 0 bridgehead atoms. The lowest BCUT2D eigenvalue weighted by molar-refractivity contribution is 0.306. The number of nitrogens with two attached hydrogens (primary N) is 1. The van der Waals surface area contributed by atoms with Crippen LogP contribution in [0.3, 0.4) is 0 Å². The lowest BCUT2D eigenvalue weighted by Gasteiger charge is -2.17. The Labute approximate surface area is 100 Å². The summed E-state index contributed by atoms with van der Waals surface area (Å²) in [6.45, 7) is 1.19. The first-order valence-electron chi connectivity index (χ1n) is 6.03. The number of hydrogen-bond donors (Lipinski definition) is 1. The van der Waals surface area contributed by atoms with Gasteiger partial charge in [0.15, 0.2) is 11.5 Å². The van der Waals surface area contributed by atoms with Gasteiger partial charge in [0.05, 0.1) is 0 Å². The third-order valence-electron chi connectivity index (χ3n) is 3.50. The van der Waals surface area contributed by atoms with Crippen molar-refractivity contribution in [2.75, 3.05) is 19.3 Å². The first-order chi connectivity index (χ1) is 8.22. The molecule has 1 aliphatic heterocycles. The number of likely N-dealkylation sites (tertiary alicyclic amines) is 1. The van der Waals surface area contributed by atoms with Crippen LogP contribution >= 0.6 is 0 Å². The summed E-state index contributed by atoms with van der Waals surface area (Å²) in [7, 11) is 2.17. The van der Waals surface area contributed by atoms with Crippen molar-refractivity contribution in [3.63, 3.8) is 0 Å². The maximum Gasteiger partial charge on any atom is 0.157 e. The predicted molar refractivity (Wildman–Crippen MR) is 66.8 cm³/mol. The van der Waals surface area contributed by atoms with Crippen LogP contribution < -0.4 is 5.73 Å². The van der Waals surface area contributed by atoms with E-state index >= 15 is 0 Å². The molecule has 17 heavy (non-hydrogen) atoms. The molecule has 1 fully saturated rings. The number of nitrogens with zero attached hydrogens (tertiary/aromatic N) is 4. The topological polar surface area (TPSA) is 59.5 Å². The van der Waals surface area contributed by atoms with E-state index in [0.717, 1.165) is 23.6 Å². The number of nitrogen functional groups attached to an aromatic ring is 1. The predicted octanol–water partition coefficient (Wildman–Crippen LogP) is 0.948. The number of likely N-dealkylation sites (N-methyl/N-ethyl adjacent to an activating group) is 1. The zero-order valence-corrected chi connectivity index (χ0v) is 10.0. The maximum absolute atomic E-state index is 5.73. The van der Waals surface area contributed by atoms with Crippen molar-refractivity contribution in [3.8, 4) is 0 Å². The summed E-state index contributed by atoms with van der Waals surface area (Å²) < 4.78 is 1.79. The number of fused-ring (bicyclic) bond motifs is 1. The van der Waals surface area contributed by atoms with E-state index in [-0.39, 0.29) is 0 Å². The van der Waals surface area contributed by atoms with Crippen LogP contribution in [0, 0.1) is 0 Å². The molecule has 3 heterocycles. The summed E-state index contributed by atoms with van der Waals surface area (Å²) in [5, 5.41) is 4.48. The Morgan fingerprint density at radius 1 is 1.53 bits per heavy atom. The Kier molecular flexibility index (Phi) is 2.48. The molecule has 3 rings (SSSR count). The fraction of sp³-hybridized carbons (Fsp3) is 0.500. The van der Waals surface area contributed by atoms with Crippen molar-refractivity contribution in [1.82, 2.24) is 19.5 Å². The van der Waals surface area contributed by atoms with Gasteiger partial charge in [-0.05, 0) is 32.5 Å². The van der Waals surface area contributed by atoms with Gasteiger partial charge in [-0.3, -0.25) is 0 Å². The van der Waals surface area contributed by atoms with Crippen LogP contribution in [0.15, 0.2) is 18.3 Å². The Morgan fingerprint density at radius 2 is 2.41 bits per heavy atom. The molecule has 2 aromatic heterocycles. The molecule has 5 nitrogen and oxygen atoms in total. The van der Waals surface area contributed by atoms with Gasteiger partial charge < -0.3 is 10.6 Å². The van der Waals surface area contributed by atoms with E-state index < -0.39 is 0 Å². The van der Waals surface area contributed by atoms with Crippen molar-refractivity contribution in [2.24, 2.45) is 0 Å². The molecule has 0 aliphatic carbocycles. The minimum Gasteiger partial charge on any atom is -0.399 e. The van der Waals surface area contributed by atoms with Crippen LogP contribution in [0.25, 0.3) is 5.65 Å². The molecule has 5 heteroatoms. The monoisotopic (exact) mass is 231 g/mol. The first kappa shape index (κ1) is 10.5. The number of aromatic nitrogens is 3.